The first-order valence-electron chi connectivity index (χ1n) is 4.18. The average Bonchev–Trinajstić information content (AvgIpc) is 2.23. The Kier molecular flexibility index (Phi) is 1.80. The van der Waals surface area contributed by atoms with Crippen molar-refractivity contribution >= 4 is 15.9 Å². The van der Waals surface area contributed by atoms with E-state index in [9.17, 15) is 5.11 Å². The molecule has 1 heterocycles. The van der Waals surface area contributed by atoms with E-state index in [1.807, 2.05) is 13.8 Å². The maximum Gasteiger partial charge on any atom is 0.137 e. The minimum atomic E-state index is -0.154. The second-order valence-corrected chi connectivity index (χ2v) is 4.81. The number of fused-ring (bicyclic) bond motifs is 1. The Morgan fingerprint density at radius 3 is 2.85 bits per heavy atom. The van der Waals surface area contributed by atoms with Crippen LogP contribution >= 0.6 is 15.9 Å². The monoisotopic (exact) mass is 242 g/mol. The van der Waals surface area contributed by atoms with Crippen molar-refractivity contribution in [2.24, 2.45) is 0 Å². The number of benzene rings is 1. The predicted molar refractivity (Wildman–Crippen MR) is 54.2 cm³/mol. The average molecular weight is 243 g/mol. The largest absolute Gasteiger partial charge is 0.508 e. The minimum absolute atomic E-state index is 0.154. The molecule has 1 aliphatic heterocycles. The summed E-state index contributed by atoms with van der Waals surface area (Å²) in [5.74, 6) is 1.15. The van der Waals surface area contributed by atoms with Crippen LogP contribution in [-0.2, 0) is 6.42 Å². The Bertz CT molecular complexity index is 358. The van der Waals surface area contributed by atoms with Crippen LogP contribution in [0.25, 0.3) is 0 Å². The van der Waals surface area contributed by atoms with Gasteiger partial charge in [-0.15, -0.1) is 0 Å². The Balaban J connectivity index is 2.52. The van der Waals surface area contributed by atoms with Gasteiger partial charge in [0.2, 0.25) is 0 Å². The molecule has 70 valence electrons. The van der Waals surface area contributed by atoms with Crippen molar-refractivity contribution in [2.45, 2.75) is 25.9 Å². The van der Waals surface area contributed by atoms with Crippen LogP contribution in [0.1, 0.15) is 19.4 Å². The third-order valence-corrected chi connectivity index (χ3v) is 2.69. The van der Waals surface area contributed by atoms with Crippen molar-refractivity contribution in [1.29, 1.82) is 0 Å². The van der Waals surface area contributed by atoms with E-state index in [-0.39, 0.29) is 11.4 Å². The van der Waals surface area contributed by atoms with Crippen molar-refractivity contribution in [3.63, 3.8) is 0 Å². The Morgan fingerprint density at radius 1 is 1.46 bits per heavy atom. The molecule has 0 spiro atoms. The van der Waals surface area contributed by atoms with Gasteiger partial charge in [0.15, 0.2) is 0 Å². The highest BCUT2D eigenvalue weighted by molar-refractivity contribution is 9.10. The third kappa shape index (κ3) is 1.53. The lowest BCUT2D eigenvalue weighted by Gasteiger charge is -2.17. The number of halogens is 1. The predicted octanol–water partition coefficient (Wildman–Crippen LogP) is 2.87. The van der Waals surface area contributed by atoms with E-state index in [0.717, 1.165) is 22.2 Å². The zero-order valence-corrected chi connectivity index (χ0v) is 9.18. The standard InChI is InChI=1S/C10H11BrO2/c1-10(2)5-6-3-7(12)4-8(11)9(6)13-10/h3-4,12H,5H2,1-2H3. The molecule has 0 saturated carbocycles. The fourth-order valence-electron chi connectivity index (χ4n) is 1.65. The summed E-state index contributed by atoms with van der Waals surface area (Å²) in [5, 5.41) is 9.36. The quantitative estimate of drug-likeness (QED) is 0.759. The number of ether oxygens (including phenoxy) is 1. The fourth-order valence-corrected chi connectivity index (χ4v) is 2.22. The summed E-state index contributed by atoms with van der Waals surface area (Å²) >= 11 is 3.36. The van der Waals surface area contributed by atoms with Gasteiger partial charge >= 0.3 is 0 Å². The molecule has 3 heteroatoms. The van der Waals surface area contributed by atoms with E-state index >= 15 is 0 Å². The zero-order chi connectivity index (χ0) is 9.64. The van der Waals surface area contributed by atoms with Gasteiger partial charge < -0.3 is 9.84 Å². The summed E-state index contributed by atoms with van der Waals surface area (Å²) < 4.78 is 6.55. The Hall–Kier alpha value is -0.700. The molecule has 2 nitrogen and oxygen atoms in total. The van der Waals surface area contributed by atoms with Crippen LogP contribution < -0.4 is 4.74 Å². The smallest absolute Gasteiger partial charge is 0.137 e. The van der Waals surface area contributed by atoms with E-state index in [1.54, 1.807) is 12.1 Å². The molecule has 2 rings (SSSR count). The molecule has 0 aliphatic carbocycles. The molecule has 13 heavy (non-hydrogen) atoms. The van der Waals surface area contributed by atoms with Gasteiger partial charge in [0, 0.05) is 12.0 Å². The highest BCUT2D eigenvalue weighted by Gasteiger charge is 2.31. The summed E-state index contributed by atoms with van der Waals surface area (Å²) in [7, 11) is 0. The SMILES string of the molecule is CC1(C)Cc2cc(O)cc(Br)c2O1. The summed E-state index contributed by atoms with van der Waals surface area (Å²) in [6.45, 7) is 4.08. The van der Waals surface area contributed by atoms with Crippen molar-refractivity contribution < 1.29 is 9.84 Å². The molecule has 0 unspecified atom stereocenters. The van der Waals surface area contributed by atoms with E-state index in [1.165, 1.54) is 0 Å². The maximum absolute atomic E-state index is 9.36. The highest BCUT2D eigenvalue weighted by Crippen LogP contribution is 2.42. The van der Waals surface area contributed by atoms with Gasteiger partial charge in [-0.2, -0.15) is 0 Å². The van der Waals surface area contributed by atoms with E-state index < -0.39 is 0 Å². The van der Waals surface area contributed by atoms with Gasteiger partial charge in [0.25, 0.3) is 0 Å². The molecule has 1 aliphatic rings. The molecule has 0 fully saturated rings. The molecule has 1 aromatic rings. The molecule has 1 N–H and O–H groups in total. The molecule has 1 aromatic carbocycles. The second kappa shape index (κ2) is 2.64. The Morgan fingerprint density at radius 2 is 2.15 bits per heavy atom. The number of phenols is 1. The number of hydrogen-bond donors (Lipinski definition) is 1. The van der Waals surface area contributed by atoms with Gasteiger partial charge in [-0.3, -0.25) is 0 Å². The summed E-state index contributed by atoms with van der Waals surface area (Å²) in [5.41, 5.74) is 0.912. The fraction of sp³-hybridized carbons (Fsp3) is 0.400. The normalized spacial score (nSPS) is 18.1. The van der Waals surface area contributed by atoms with E-state index in [0.29, 0.717) is 0 Å². The van der Waals surface area contributed by atoms with Gasteiger partial charge in [-0.05, 0) is 41.9 Å². The second-order valence-electron chi connectivity index (χ2n) is 3.95. The highest BCUT2D eigenvalue weighted by atomic mass is 79.9. The first-order valence-corrected chi connectivity index (χ1v) is 4.98. The first-order chi connectivity index (χ1) is 5.98. The van der Waals surface area contributed by atoms with Crippen LogP contribution in [0, 0.1) is 0 Å². The lowest BCUT2D eigenvalue weighted by Crippen LogP contribution is -2.24. The summed E-state index contributed by atoms with van der Waals surface area (Å²) in [6.07, 6.45) is 0.843. The molecule has 0 bridgehead atoms. The third-order valence-electron chi connectivity index (χ3n) is 2.10. The number of rotatable bonds is 0. The lowest BCUT2D eigenvalue weighted by molar-refractivity contribution is 0.137. The summed E-state index contributed by atoms with van der Waals surface area (Å²) in [6, 6.07) is 3.41. The zero-order valence-electron chi connectivity index (χ0n) is 7.60. The molecule has 0 amide bonds. The molecule has 0 saturated heterocycles. The van der Waals surface area contributed by atoms with Crippen molar-refractivity contribution in [1.82, 2.24) is 0 Å². The van der Waals surface area contributed by atoms with Gasteiger partial charge in [0.1, 0.15) is 17.1 Å². The first kappa shape index (κ1) is 8.88. The number of phenolic OH excluding ortho intramolecular Hbond substituents is 1. The minimum Gasteiger partial charge on any atom is -0.508 e. The van der Waals surface area contributed by atoms with Crippen LogP contribution in [0.4, 0.5) is 0 Å². The molecule has 0 radical (unpaired) electrons. The topological polar surface area (TPSA) is 29.5 Å². The van der Waals surface area contributed by atoms with E-state index in [2.05, 4.69) is 15.9 Å². The number of aromatic hydroxyl groups is 1. The van der Waals surface area contributed by atoms with Gasteiger partial charge in [-0.25, -0.2) is 0 Å². The van der Waals surface area contributed by atoms with Crippen LogP contribution in [0.5, 0.6) is 11.5 Å². The van der Waals surface area contributed by atoms with Gasteiger partial charge in [-0.1, -0.05) is 0 Å². The molecular weight excluding hydrogens is 232 g/mol. The lowest BCUT2D eigenvalue weighted by atomic mass is 10.0. The van der Waals surface area contributed by atoms with E-state index in [4.69, 9.17) is 4.74 Å². The van der Waals surface area contributed by atoms with Gasteiger partial charge in [0.05, 0.1) is 4.47 Å². The van der Waals surface area contributed by atoms with Crippen molar-refractivity contribution in [2.75, 3.05) is 0 Å². The van der Waals surface area contributed by atoms with Crippen LogP contribution in [0.2, 0.25) is 0 Å². The molecule has 0 atom stereocenters. The summed E-state index contributed by atoms with van der Waals surface area (Å²) in [4.78, 5) is 0. The number of hydrogen-bond acceptors (Lipinski definition) is 2. The molecule has 0 aromatic heterocycles. The Labute approximate surface area is 85.7 Å². The van der Waals surface area contributed by atoms with Crippen LogP contribution in [0.15, 0.2) is 16.6 Å². The van der Waals surface area contributed by atoms with Crippen LogP contribution in [-0.4, -0.2) is 10.7 Å². The van der Waals surface area contributed by atoms with Crippen molar-refractivity contribution in [3.8, 4) is 11.5 Å². The molecular formula is C10H11BrO2. The van der Waals surface area contributed by atoms with Crippen molar-refractivity contribution in [3.05, 3.63) is 22.2 Å². The van der Waals surface area contributed by atoms with Crippen LogP contribution in [0.3, 0.4) is 0 Å². The maximum atomic E-state index is 9.36.